The Balaban J connectivity index is 1.70. The number of nitrogens with zero attached hydrogens (tertiary/aromatic N) is 3. The molecule has 1 saturated heterocycles. The highest BCUT2D eigenvalue weighted by Crippen LogP contribution is 2.22. The smallest absolute Gasteiger partial charge is 0.272 e. The number of benzene rings is 1. The van der Waals surface area contributed by atoms with E-state index in [0.717, 1.165) is 24.1 Å². The van der Waals surface area contributed by atoms with Crippen LogP contribution in [0.4, 0.5) is 0 Å². The summed E-state index contributed by atoms with van der Waals surface area (Å²) in [6, 6.07) is 11.7. The van der Waals surface area contributed by atoms with E-state index in [0.29, 0.717) is 31.7 Å². The number of hydrogen-bond acceptors (Lipinski definition) is 3. The first-order chi connectivity index (χ1) is 13.0. The zero-order valence-corrected chi connectivity index (χ0v) is 16.5. The molecule has 1 aliphatic heterocycles. The van der Waals surface area contributed by atoms with Crippen LogP contribution < -0.4 is 0 Å². The number of aryl methyl sites for hydroxylation is 1. The van der Waals surface area contributed by atoms with Gasteiger partial charge in [-0.05, 0) is 37.3 Å². The molecule has 1 unspecified atom stereocenters. The zero-order valence-electron chi connectivity index (χ0n) is 16.5. The van der Waals surface area contributed by atoms with Gasteiger partial charge in [0.05, 0.1) is 5.69 Å². The van der Waals surface area contributed by atoms with Crippen molar-refractivity contribution in [3.05, 3.63) is 53.3 Å². The van der Waals surface area contributed by atoms with Crippen LogP contribution in [-0.4, -0.2) is 39.5 Å². The number of likely N-dealkylation sites (tertiary alicyclic amines) is 1. The van der Waals surface area contributed by atoms with Crippen LogP contribution in [0.25, 0.3) is 0 Å². The van der Waals surface area contributed by atoms with Gasteiger partial charge in [-0.1, -0.05) is 44.2 Å². The number of rotatable bonds is 6. The van der Waals surface area contributed by atoms with Gasteiger partial charge < -0.3 is 4.90 Å². The minimum Gasteiger partial charge on any atom is -0.337 e. The molecule has 0 radical (unpaired) electrons. The summed E-state index contributed by atoms with van der Waals surface area (Å²) in [4.78, 5) is 27.7. The first-order valence-corrected chi connectivity index (χ1v) is 9.93. The summed E-state index contributed by atoms with van der Waals surface area (Å²) in [5.41, 5.74) is 2.61. The van der Waals surface area contributed by atoms with Crippen LogP contribution in [0.5, 0.6) is 0 Å². The van der Waals surface area contributed by atoms with E-state index in [9.17, 15) is 9.59 Å². The van der Waals surface area contributed by atoms with E-state index in [4.69, 9.17) is 0 Å². The Morgan fingerprint density at radius 3 is 2.63 bits per heavy atom. The van der Waals surface area contributed by atoms with Gasteiger partial charge in [0.25, 0.3) is 5.91 Å². The van der Waals surface area contributed by atoms with Gasteiger partial charge in [0.2, 0.25) is 0 Å². The van der Waals surface area contributed by atoms with Gasteiger partial charge in [-0.3, -0.25) is 14.3 Å². The largest absolute Gasteiger partial charge is 0.337 e. The minimum absolute atomic E-state index is 0.00605. The lowest BCUT2D eigenvalue weighted by Crippen LogP contribution is -2.43. The molecule has 0 N–H and O–H groups in total. The molecule has 0 saturated carbocycles. The molecular weight excluding hydrogens is 338 g/mol. The molecule has 2 heterocycles. The molecule has 1 amide bonds. The lowest BCUT2D eigenvalue weighted by atomic mass is 9.90. The second-order valence-electron chi connectivity index (χ2n) is 7.64. The molecule has 1 atom stereocenters. The van der Waals surface area contributed by atoms with Crippen LogP contribution in [0.2, 0.25) is 0 Å². The Bertz CT molecular complexity index is 795. The molecule has 5 nitrogen and oxygen atoms in total. The maximum absolute atomic E-state index is 13.1. The average Bonchev–Trinajstić information content (AvgIpc) is 3.13. The summed E-state index contributed by atoms with van der Waals surface area (Å²) in [6.45, 7) is 8.04. The molecular formula is C22H29N3O2. The minimum atomic E-state index is -0.0783. The lowest BCUT2D eigenvalue weighted by Gasteiger charge is -2.32. The lowest BCUT2D eigenvalue weighted by molar-refractivity contribution is -0.123. The molecule has 1 aromatic heterocycles. The Hall–Kier alpha value is -2.43. The van der Waals surface area contributed by atoms with Gasteiger partial charge >= 0.3 is 0 Å². The standard InChI is InChI=1S/C22H29N3O2/c1-4-25-20(14-19(23-25)16(2)3)22(27)24-12-8-11-18(15-24)21(26)13-17-9-6-5-7-10-17/h5-7,9-10,14,16,18H,4,8,11-13,15H2,1-3H3. The molecule has 5 heteroatoms. The monoisotopic (exact) mass is 367 g/mol. The number of carbonyl (C=O) groups is 2. The molecule has 27 heavy (non-hydrogen) atoms. The fourth-order valence-electron chi connectivity index (χ4n) is 3.66. The topological polar surface area (TPSA) is 55.2 Å². The highest BCUT2D eigenvalue weighted by molar-refractivity contribution is 5.93. The molecule has 2 aromatic rings. The van der Waals surface area contributed by atoms with Gasteiger partial charge in [0.15, 0.2) is 0 Å². The van der Waals surface area contributed by atoms with Crippen molar-refractivity contribution in [2.24, 2.45) is 5.92 Å². The van der Waals surface area contributed by atoms with Crippen molar-refractivity contribution in [3.8, 4) is 0 Å². The second kappa shape index (κ2) is 8.51. The summed E-state index contributed by atoms with van der Waals surface area (Å²) in [6.07, 6.45) is 2.17. The van der Waals surface area contributed by atoms with Crippen molar-refractivity contribution in [2.75, 3.05) is 13.1 Å². The second-order valence-corrected chi connectivity index (χ2v) is 7.64. The first kappa shape index (κ1) is 19.3. The molecule has 0 aliphatic carbocycles. The highest BCUT2D eigenvalue weighted by atomic mass is 16.2. The summed E-state index contributed by atoms with van der Waals surface area (Å²) < 4.78 is 1.78. The third-order valence-corrected chi connectivity index (χ3v) is 5.29. The van der Waals surface area contributed by atoms with E-state index in [1.165, 1.54) is 0 Å². The molecule has 0 bridgehead atoms. The van der Waals surface area contributed by atoms with E-state index in [1.54, 1.807) is 4.68 Å². The van der Waals surface area contributed by atoms with E-state index in [-0.39, 0.29) is 23.5 Å². The predicted octanol–water partition coefficient (Wildman–Crippen LogP) is 3.69. The van der Waals surface area contributed by atoms with Crippen LogP contribution in [0.1, 0.15) is 61.3 Å². The number of aromatic nitrogens is 2. The summed E-state index contributed by atoms with van der Waals surface area (Å²) in [5.74, 6) is 0.426. The average molecular weight is 367 g/mol. The number of ketones is 1. The number of piperidine rings is 1. The number of hydrogen-bond donors (Lipinski definition) is 0. The van der Waals surface area contributed by atoms with Crippen LogP contribution >= 0.6 is 0 Å². The van der Waals surface area contributed by atoms with Crippen molar-refractivity contribution in [1.29, 1.82) is 0 Å². The SMILES string of the molecule is CCn1nc(C(C)C)cc1C(=O)N1CCCC(C(=O)Cc2ccccc2)C1. The third kappa shape index (κ3) is 4.46. The Morgan fingerprint density at radius 2 is 1.96 bits per heavy atom. The van der Waals surface area contributed by atoms with Crippen LogP contribution in [0.3, 0.4) is 0 Å². The van der Waals surface area contributed by atoms with Crippen LogP contribution in [0, 0.1) is 5.92 Å². The van der Waals surface area contributed by atoms with Crippen LogP contribution in [-0.2, 0) is 17.8 Å². The maximum atomic E-state index is 13.1. The zero-order chi connectivity index (χ0) is 19.4. The van der Waals surface area contributed by atoms with Gasteiger partial charge in [0, 0.05) is 32.0 Å². The summed E-state index contributed by atoms with van der Waals surface area (Å²) >= 11 is 0. The van der Waals surface area contributed by atoms with Gasteiger partial charge in [-0.25, -0.2) is 0 Å². The molecule has 1 fully saturated rings. The quantitative estimate of drug-likeness (QED) is 0.782. The molecule has 144 valence electrons. The van der Waals surface area contributed by atoms with Crippen molar-refractivity contribution in [2.45, 2.75) is 52.5 Å². The van der Waals surface area contributed by atoms with Crippen LogP contribution in [0.15, 0.2) is 36.4 Å². The Kier molecular flexibility index (Phi) is 6.09. The van der Waals surface area contributed by atoms with Crippen molar-refractivity contribution >= 4 is 11.7 Å². The normalized spacial score (nSPS) is 17.3. The van der Waals surface area contributed by atoms with Crippen molar-refractivity contribution < 1.29 is 9.59 Å². The Morgan fingerprint density at radius 1 is 1.22 bits per heavy atom. The third-order valence-electron chi connectivity index (χ3n) is 5.29. The van der Waals surface area contributed by atoms with Gasteiger partial charge in [0.1, 0.15) is 11.5 Å². The fourth-order valence-corrected chi connectivity index (χ4v) is 3.66. The number of carbonyl (C=O) groups excluding carboxylic acids is 2. The summed E-state index contributed by atoms with van der Waals surface area (Å²) in [7, 11) is 0. The fraction of sp³-hybridized carbons (Fsp3) is 0.500. The first-order valence-electron chi connectivity index (χ1n) is 9.93. The Labute approximate surface area is 161 Å². The van der Waals surface area contributed by atoms with Crippen molar-refractivity contribution in [1.82, 2.24) is 14.7 Å². The molecule has 0 spiro atoms. The van der Waals surface area contributed by atoms with E-state index in [2.05, 4.69) is 18.9 Å². The van der Waals surface area contributed by atoms with Gasteiger partial charge in [-0.2, -0.15) is 5.10 Å². The maximum Gasteiger partial charge on any atom is 0.272 e. The number of Topliss-reactive ketones (excluding diaryl/α,β-unsaturated/α-hetero) is 1. The predicted molar refractivity (Wildman–Crippen MR) is 106 cm³/mol. The van der Waals surface area contributed by atoms with E-state index >= 15 is 0 Å². The van der Waals surface area contributed by atoms with E-state index in [1.807, 2.05) is 48.2 Å². The highest BCUT2D eigenvalue weighted by Gasteiger charge is 2.30. The molecule has 1 aliphatic rings. The van der Waals surface area contributed by atoms with Crippen molar-refractivity contribution in [3.63, 3.8) is 0 Å². The molecule has 3 rings (SSSR count). The number of amides is 1. The van der Waals surface area contributed by atoms with Gasteiger partial charge in [-0.15, -0.1) is 0 Å². The summed E-state index contributed by atoms with van der Waals surface area (Å²) in [5, 5.41) is 4.56. The van der Waals surface area contributed by atoms with E-state index < -0.39 is 0 Å². The molecule has 1 aromatic carbocycles.